The van der Waals surface area contributed by atoms with Gasteiger partial charge in [-0.25, -0.2) is 0 Å². The molecule has 0 saturated heterocycles. The second kappa shape index (κ2) is 12.8. The maximum Gasteiger partial charge on any atom is 0.230 e. The van der Waals surface area contributed by atoms with Crippen molar-refractivity contribution in [1.29, 1.82) is 0 Å². The molecule has 0 rings (SSSR count). The van der Waals surface area contributed by atoms with Gasteiger partial charge >= 0.3 is 0 Å². The molecular formula is C16H33NOS. The van der Waals surface area contributed by atoms with Crippen LogP contribution in [0.15, 0.2) is 0 Å². The first-order valence-corrected chi connectivity index (χ1v) is 9.09. The van der Waals surface area contributed by atoms with Crippen molar-refractivity contribution in [3.05, 3.63) is 0 Å². The van der Waals surface area contributed by atoms with Crippen molar-refractivity contribution in [2.45, 2.75) is 90.4 Å². The number of thioether (sulfide) groups is 1. The summed E-state index contributed by atoms with van der Waals surface area (Å²) >= 11 is 1.79. The molecule has 0 aromatic carbocycles. The standard InChI is InChI=1S/C16H33NOS/c1-5-8-9-12-15(11-7-3)17-16(18)13-19-14(4)10-6-2/h14-15H,5-13H2,1-4H3,(H,17,18). The molecule has 0 saturated carbocycles. The highest BCUT2D eigenvalue weighted by molar-refractivity contribution is 8.00. The molecule has 0 aliphatic rings. The minimum atomic E-state index is 0.225. The number of hydrogen-bond acceptors (Lipinski definition) is 2. The first-order valence-electron chi connectivity index (χ1n) is 8.04. The molecule has 1 amide bonds. The molecule has 0 heterocycles. The van der Waals surface area contributed by atoms with Crippen LogP contribution in [-0.2, 0) is 4.79 Å². The molecule has 0 aromatic heterocycles. The summed E-state index contributed by atoms with van der Waals surface area (Å²) in [7, 11) is 0. The zero-order valence-corrected chi connectivity index (χ0v) is 14.2. The summed E-state index contributed by atoms with van der Waals surface area (Å²) in [4.78, 5) is 11.9. The van der Waals surface area contributed by atoms with Crippen LogP contribution < -0.4 is 5.32 Å². The summed E-state index contributed by atoms with van der Waals surface area (Å²) in [5.41, 5.74) is 0. The fraction of sp³-hybridized carbons (Fsp3) is 0.938. The zero-order valence-electron chi connectivity index (χ0n) is 13.3. The van der Waals surface area contributed by atoms with E-state index in [1.54, 1.807) is 11.8 Å². The van der Waals surface area contributed by atoms with Gasteiger partial charge in [0.15, 0.2) is 0 Å². The van der Waals surface area contributed by atoms with Crippen molar-refractivity contribution in [3.8, 4) is 0 Å². The molecule has 0 aromatic rings. The van der Waals surface area contributed by atoms with Gasteiger partial charge in [0.05, 0.1) is 5.75 Å². The van der Waals surface area contributed by atoms with Crippen LogP contribution in [0.25, 0.3) is 0 Å². The monoisotopic (exact) mass is 287 g/mol. The van der Waals surface area contributed by atoms with E-state index in [0.717, 1.165) is 19.3 Å². The molecule has 19 heavy (non-hydrogen) atoms. The number of unbranched alkanes of at least 4 members (excludes halogenated alkanes) is 2. The summed E-state index contributed by atoms with van der Waals surface area (Å²) in [6.45, 7) is 8.82. The van der Waals surface area contributed by atoms with E-state index in [2.05, 4.69) is 33.0 Å². The summed E-state index contributed by atoms with van der Waals surface area (Å²) in [5.74, 6) is 0.845. The highest BCUT2D eigenvalue weighted by atomic mass is 32.2. The van der Waals surface area contributed by atoms with Gasteiger partial charge in [-0.3, -0.25) is 4.79 Å². The van der Waals surface area contributed by atoms with Gasteiger partial charge in [-0.15, -0.1) is 11.8 Å². The Kier molecular flexibility index (Phi) is 12.7. The van der Waals surface area contributed by atoms with Crippen LogP contribution in [0.5, 0.6) is 0 Å². The van der Waals surface area contributed by atoms with Crippen LogP contribution in [0.4, 0.5) is 0 Å². The average Bonchev–Trinajstić information content (AvgIpc) is 2.37. The van der Waals surface area contributed by atoms with Crippen molar-refractivity contribution in [2.75, 3.05) is 5.75 Å². The lowest BCUT2D eigenvalue weighted by Crippen LogP contribution is -2.36. The van der Waals surface area contributed by atoms with Crippen LogP contribution in [0.2, 0.25) is 0 Å². The molecular weight excluding hydrogens is 254 g/mol. The van der Waals surface area contributed by atoms with E-state index in [9.17, 15) is 4.79 Å². The number of nitrogens with one attached hydrogen (secondary N) is 1. The van der Waals surface area contributed by atoms with Gasteiger partial charge in [-0.1, -0.05) is 59.8 Å². The Morgan fingerprint density at radius 1 is 1.00 bits per heavy atom. The normalized spacial score (nSPS) is 14.1. The van der Waals surface area contributed by atoms with Gasteiger partial charge in [-0.05, 0) is 19.3 Å². The molecule has 0 fully saturated rings. The van der Waals surface area contributed by atoms with Crippen LogP contribution in [0, 0.1) is 0 Å². The number of hydrogen-bond donors (Lipinski definition) is 1. The van der Waals surface area contributed by atoms with E-state index < -0.39 is 0 Å². The van der Waals surface area contributed by atoms with Gasteiger partial charge in [-0.2, -0.15) is 0 Å². The summed E-state index contributed by atoms with van der Waals surface area (Å²) in [5, 5.41) is 3.81. The van der Waals surface area contributed by atoms with E-state index >= 15 is 0 Å². The Balaban J connectivity index is 3.88. The smallest absolute Gasteiger partial charge is 0.230 e. The van der Waals surface area contributed by atoms with Crippen LogP contribution in [0.1, 0.15) is 79.1 Å². The van der Waals surface area contributed by atoms with E-state index in [1.807, 2.05) is 0 Å². The number of rotatable bonds is 12. The molecule has 0 spiro atoms. The van der Waals surface area contributed by atoms with Crippen LogP contribution in [-0.4, -0.2) is 23.0 Å². The second-order valence-corrected chi connectivity index (χ2v) is 6.89. The van der Waals surface area contributed by atoms with Crippen molar-refractivity contribution in [3.63, 3.8) is 0 Å². The van der Waals surface area contributed by atoms with Crippen LogP contribution >= 0.6 is 11.8 Å². The van der Waals surface area contributed by atoms with Gasteiger partial charge < -0.3 is 5.32 Å². The SMILES string of the molecule is CCCCCC(CCC)NC(=O)CSC(C)CCC. The second-order valence-electron chi connectivity index (χ2n) is 5.46. The van der Waals surface area contributed by atoms with Gasteiger partial charge in [0, 0.05) is 11.3 Å². The quantitative estimate of drug-likeness (QED) is 0.524. The van der Waals surface area contributed by atoms with Gasteiger partial charge in [0.1, 0.15) is 0 Å². The van der Waals surface area contributed by atoms with E-state index in [-0.39, 0.29) is 5.91 Å². The highest BCUT2D eigenvalue weighted by Crippen LogP contribution is 2.15. The topological polar surface area (TPSA) is 29.1 Å². The summed E-state index contributed by atoms with van der Waals surface area (Å²) in [6, 6.07) is 0.395. The third kappa shape index (κ3) is 11.4. The Morgan fingerprint density at radius 3 is 2.26 bits per heavy atom. The molecule has 0 bridgehead atoms. The predicted octanol–water partition coefficient (Wildman–Crippen LogP) is 4.77. The molecule has 3 heteroatoms. The molecule has 2 unspecified atom stereocenters. The zero-order chi connectivity index (χ0) is 14.5. The predicted molar refractivity (Wildman–Crippen MR) is 87.8 cm³/mol. The lowest BCUT2D eigenvalue weighted by Gasteiger charge is -2.18. The summed E-state index contributed by atoms with van der Waals surface area (Å²) in [6.07, 6.45) is 9.57. The molecule has 2 nitrogen and oxygen atoms in total. The maximum absolute atomic E-state index is 11.9. The first kappa shape index (κ1) is 18.8. The fourth-order valence-electron chi connectivity index (χ4n) is 2.26. The van der Waals surface area contributed by atoms with E-state index in [4.69, 9.17) is 0 Å². The minimum absolute atomic E-state index is 0.225. The molecule has 2 atom stereocenters. The van der Waals surface area contributed by atoms with Crippen molar-refractivity contribution in [2.24, 2.45) is 0 Å². The maximum atomic E-state index is 11.9. The number of carbonyl (C=O) groups excluding carboxylic acids is 1. The fourth-order valence-corrected chi connectivity index (χ4v) is 3.18. The molecule has 0 aliphatic carbocycles. The number of carbonyl (C=O) groups is 1. The number of amides is 1. The Hall–Kier alpha value is -0.180. The molecule has 1 N–H and O–H groups in total. The van der Waals surface area contributed by atoms with Crippen molar-refractivity contribution in [1.82, 2.24) is 5.32 Å². The summed E-state index contributed by atoms with van der Waals surface area (Å²) < 4.78 is 0. The first-order chi connectivity index (χ1) is 9.13. The van der Waals surface area contributed by atoms with E-state index in [1.165, 1.54) is 32.1 Å². The highest BCUT2D eigenvalue weighted by Gasteiger charge is 2.12. The van der Waals surface area contributed by atoms with Crippen molar-refractivity contribution >= 4 is 17.7 Å². The third-order valence-corrected chi connectivity index (χ3v) is 4.59. The van der Waals surface area contributed by atoms with Gasteiger partial charge in [0.25, 0.3) is 0 Å². The average molecular weight is 288 g/mol. The van der Waals surface area contributed by atoms with Crippen LogP contribution in [0.3, 0.4) is 0 Å². The van der Waals surface area contributed by atoms with Crippen molar-refractivity contribution < 1.29 is 4.79 Å². The Morgan fingerprint density at radius 2 is 1.68 bits per heavy atom. The third-order valence-electron chi connectivity index (χ3n) is 3.35. The minimum Gasteiger partial charge on any atom is -0.353 e. The lowest BCUT2D eigenvalue weighted by molar-refractivity contribution is -0.119. The Labute approximate surface area is 124 Å². The lowest BCUT2D eigenvalue weighted by atomic mass is 10.0. The molecule has 0 radical (unpaired) electrons. The van der Waals surface area contributed by atoms with Gasteiger partial charge in [0.2, 0.25) is 5.91 Å². The Bertz CT molecular complexity index is 221. The molecule has 0 aliphatic heterocycles. The molecule has 114 valence electrons. The largest absolute Gasteiger partial charge is 0.353 e. The van der Waals surface area contributed by atoms with E-state index in [0.29, 0.717) is 17.0 Å².